The Morgan fingerprint density at radius 3 is 2.61 bits per heavy atom. The summed E-state index contributed by atoms with van der Waals surface area (Å²) in [4.78, 5) is 4.47. The number of nitriles is 1. The lowest BCUT2D eigenvalue weighted by Crippen LogP contribution is -1.98. The van der Waals surface area contributed by atoms with Gasteiger partial charge in [0.05, 0.1) is 5.69 Å². The average molecular weight is 239 g/mol. The second-order valence-corrected chi connectivity index (χ2v) is 4.55. The highest BCUT2D eigenvalue weighted by molar-refractivity contribution is 5.31. The highest BCUT2D eigenvalue weighted by Crippen LogP contribution is 2.14. The van der Waals surface area contributed by atoms with E-state index in [2.05, 4.69) is 36.2 Å². The fourth-order valence-electron chi connectivity index (χ4n) is 2.14. The Bertz CT molecular complexity index is 603. The SMILES string of the molecule is Cc1ccccc1CCc1nc(C)n(C)c1C#N. The Hall–Kier alpha value is -2.08. The minimum absolute atomic E-state index is 0.682. The summed E-state index contributed by atoms with van der Waals surface area (Å²) < 4.78 is 1.85. The van der Waals surface area contributed by atoms with Crippen molar-refractivity contribution in [3.8, 4) is 6.07 Å². The number of nitrogens with zero attached hydrogens (tertiary/aromatic N) is 3. The van der Waals surface area contributed by atoms with Crippen molar-refractivity contribution in [2.45, 2.75) is 26.7 Å². The van der Waals surface area contributed by atoms with Crippen LogP contribution in [0.5, 0.6) is 0 Å². The van der Waals surface area contributed by atoms with E-state index >= 15 is 0 Å². The standard InChI is InChI=1S/C15H17N3/c1-11-6-4-5-7-13(11)8-9-14-15(10-16)18(3)12(2)17-14/h4-7H,8-9H2,1-3H3. The zero-order valence-corrected chi connectivity index (χ0v) is 11.1. The summed E-state index contributed by atoms with van der Waals surface area (Å²) in [6, 6.07) is 10.6. The van der Waals surface area contributed by atoms with Gasteiger partial charge in [-0.3, -0.25) is 0 Å². The summed E-state index contributed by atoms with van der Waals surface area (Å²) >= 11 is 0. The van der Waals surface area contributed by atoms with Crippen molar-refractivity contribution in [2.24, 2.45) is 7.05 Å². The van der Waals surface area contributed by atoms with E-state index in [1.807, 2.05) is 24.6 Å². The molecule has 0 radical (unpaired) electrons. The van der Waals surface area contributed by atoms with Crippen LogP contribution in [0.25, 0.3) is 0 Å². The van der Waals surface area contributed by atoms with E-state index < -0.39 is 0 Å². The molecular formula is C15H17N3. The lowest BCUT2D eigenvalue weighted by molar-refractivity contribution is 0.844. The minimum Gasteiger partial charge on any atom is -0.323 e. The third-order valence-electron chi connectivity index (χ3n) is 3.39. The fourth-order valence-corrected chi connectivity index (χ4v) is 2.14. The van der Waals surface area contributed by atoms with Gasteiger partial charge in [-0.2, -0.15) is 5.26 Å². The summed E-state index contributed by atoms with van der Waals surface area (Å²) in [5.41, 5.74) is 4.20. The van der Waals surface area contributed by atoms with Crippen molar-refractivity contribution in [3.05, 3.63) is 52.6 Å². The van der Waals surface area contributed by atoms with Crippen LogP contribution >= 0.6 is 0 Å². The molecule has 0 aliphatic rings. The molecule has 0 N–H and O–H groups in total. The van der Waals surface area contributed by atoms with Gasteiger partial charge in [-0.25, -0.2) is 4.98 Å². The molecule has 0 fully saturated rings. The van der Waals surface area contributed by atoms with Crippen LogP contribution in [0.1, 0.15) is 28.3 Å². The average Bonchev–Trinajstić information content (AvgIpc) is 2.64. The molecule has 1 aromatic carbocycles. The van der Waals surface area contributed by atoms with Crippen molar-refractivity contribution in [3.63, 3.8) is 0 Å². The number of aryl methyl sites for hydroxylation is 4. The Labute approximate surface area is 108 Å². The highest BCUT2D eigenvalue weighted by Gasteiger charge is 2.11. The molecule has 0 saturated heterocycles. The molecule has 0 unspecified atom stereocenters. The van der Waals surface area contributed by atoms with Crippen molar-refractivity contribution >= 4 is 0 Å². The number of benzene rings is 1. The molecule has 18 heavy (non-hydrogen) atoms. The summed E-state index contributed by atoms with van der Waals surface area (Å²) in [5.74, 6) is 0.895. The Morgan fingerprint density at radius 1 is 1.22 bits per heavy atom. The summed E-state index contributed by atoms with van der Waals surface area (Å²) in [7, 11) is 1.89. The first-order valence-corrected chi connectivity index (χ1v) is 6.10. The van der Waals surface area contributed by atoms with E-state index in [-0.39, 0.29) is 0 Å². The molecule has 1 heterocycles. The van der Waals surface area contributed by atoms with E-state index in [9.17, 15) is 0 Å². The van der Waals surface area contributed by atoms with Crippen molar-refractivity contribution in [1.82, 2.24) is 9.55 Å². The lowest BCUT2D eigenvalue weighted by atomic mass is 10.0. The fraction of sp³-hybridized carbons (Fsp3) is 0.333. The molecule has 3 heteroatoms. The van der Waals surface area contributed by atoms with Crippen LogP contribution < -0.4 is 0 Å². The van der Waals surface area contributed by atoms with Crippen molar-refractivity contribution in [2.75, 3.05) is 0 Å². The van der Waals surface area contributed by atoms with Crippen molar-refractivity contribution < 1.29 is 0 Å². The zero-order chi connectivity index (χ0) is 13.1. The number of imidazole rings is 1. The van der Waals surface area contributed by atoms with E-state index in [1.54, 1.807) is 0 Å². The van der Waals surface area contributed by atoms with Gasteiger partial charge in [-0.05, 0) is 37.8 Å². The maximum atomic E-state index is 9.15. The molecular weight excluding hydrogens is 222 g/mol. The first-order chi connectivity index (χ1) is 8.63. The van der Waals surface area contributed by atoms with Gasteiger partial charge in [0.25, 0.3) is 0 Å². The van der Waals surface area contributed by atoms with Crippen LogP contribution in [-0.4, -0.2) is 9.55 Å². The molecule has 0 atom stereocenters. The lowest BCUT2D eigenvalue weighted by Gasteiger charge is -2.04. The maximum absolute atomic E-state index is 9.15. The monoisotopic (exact) mass is 239 g/mol. The smallest absolute Gasteiger partial charge is 0.143 e. The van der Waals surface area contributed by atoms with E-state index in [4.69, 9.17) is 5.26 Å². The second kappa shape index (κ2) is 5.05. The van der Waals surface area contributed by atoms with E-state index in [1.165, 1.54) is 11.1 Å². The third kappa shape index (κ3) is 2.28. The van der Waals surface area contributed by atoms with Crippen LogP contribution in [0.2, 0.25) is 0 Å². The molecule has 0 spiro atoms. The number of hydrogen-bond acceptors (Lipinski definition) is 2. The van der Waals surface area contributed by atoms with E-state index in [0.29, 0.717) is 5.69 Å². The van der Waals surface area contributed by atoms with Gasteiger partial charge in [0.1, 0.15) is 17.6 Å². The second-order valence-electron chi connectivity index (χ2n) is 4.55. The van der Waals surface area contributed by atoms with Crippen LogP contribution in [0.3, 0.4) is 0 Å². The molecule has 0 amide bonds. The first kappa shape index (κ1) is 12.4. The van der Waals surface area contributed by atoms with Gasteiger partial charge in [0.2, 0.25) is 0 Å². The van der Waals surface area contributed by atoms with Gasteiger partial charge in [0.15, 0.2) is 0 Å². The molecule has 0 bridgehead atoms. The predicted octanol–water partition coefficient (Wildman–Crippen LogP) is 2.69. The maximum Gasteiger partial charge on any atom is 0.143 e. The predicted molar refractivity (Wildman–Crippen MR) is 71.2 cm³/mol. The molecule has 2 aromatic rings. The quantitative estimate of drug-likeness (QED) is 0.826. The molecule has 0 saturated carbocycles. The Kier molecular flexibility index (Phi) is 3.47. The van der Waals surface area contributed by atoms with Gasteiger partial charge in [-0.1, -0.05) is 24.3 Å². The molecule has 2 rings (SSSR count). The minimum atomic E-state index is 0.682. The zero-order valence-electron chi connectivity index (χ0n) is 11.1. The molecule has 0 aliphatic carbocycles. The molecule has 3 nitrogen and oxygen atoms in total. The topological polar surface area (TPSA) is 41.6 Å². The number of rotatable bonds is 3. The first-order valence-electron chi connectivity index (χ1n) is 6.10. The molecule has 1 aromatic heterocycles. The number of aromatic nitrogens is 2. The normalized spacial score (nSPS) is 10.3. The van der Waals surface area contributed by atoms with Crippen LogP contribution in [-0.2, 0) is 19.9 Å². The van der Waals surface area contributed by atoms with Crippen LogP contribution in [0.15, 0.2) is 24.3 Å². The largest absolute Gasteiger partial charge is 0.323 e. The molecule has 92 valence electrons. The van der Waals surface area contributed by atoms with Crippen LogP contribution in [0.4, 0.5) is 0 Å². The van der Waals surface area contributed by atoms with Crippen LogP contribution in [0, 0.1) is 25.2 Å². The summed E-state index contributed by atoms with van der Waals surface area (Å²) in [6.07, 6.45) is 1.74. The molecule has 0 aliphatic heterocycles. The number of hydrogen-bond donors (Lipinski definition) is 0. The third-order valence-corrected chi connectivity index (χ3v) is 3.39. The summed E-state index contributed by atoms with van der Waals surface area (Å²) in [5, 5.41) is 9.15. The summed E-state index contributed by atoms with van der Waals surface area (Å²) in [6.45, 7) is 4.04. The van der Waals surface area contributed by atoms with E-state index in [0.717, 1.165) is 24.4 Å². The van der Waals surface area contributed by atoms with Gasteiger partial charge in [0, 0.05) is 7.05 Å². The van der Waals surface area contributed by atoms with Crippen molar-refractivity contribution in [1.29, 1.82) is 5.26 Å². The van der Waals surface area contributed by atoms with Gasteiger partial charge in [-0.15, -0.1) is 0 Å². The highest BCUT2D eigenvalue weighted by atomic mass is 15.1. The Balaban J connectivity index is 2.19. The van der Waals surface area contributed by atoms with Gasteiger partial charge >= 0.3 is 0 Å². The van der Waals surface area contributed by atoms with Gasteiger partial charge < -0.3 is 4.57 Å². The Morgan fingerprint density at radius 2 is 1.94 bits per heavy atom.